The molecular formula is C23H28FN3O. The van der Waals surface area contributed by atoms with Gasteiger partial charge in [0.15, 0.2) is 0 Å². The highest BCUT2D eigenvalue weighted by Gasteiger charge is 2.39. The molecule has 148 valence electrons. The second-order valence-corrected chi connectivity index (χ2v) is 8.09. The molecule has 0 saturated carbocycles. The maximum absolute atomic E-state index is 13.4. The van der Waals surface area contributed by atoms with Crippen molar-refractivity contribution in [3.05, 3.63) is 65.7 Å². The third-order valence-electron chi connectivity index (χ3n) is 6.21. The molecule has 1 aromatic carbocycles. The number of benzene rings is 1. The number of piperidine rings is 3. The van der Waals surface area contributed by atoms with Gasteiger partial charge in [-0.25, -0.2) is 4.39 Å². The molecule has 4 nitrogen and oxygen atoms in total. The molecule has 5 heteroatoms. The Labute approximate surface area is 166 Å². The zero-order valence-electron chi connectivity index (χ0n) is 16.3. The minimum absolute atomic E-state index is 0.134. The normalized spacial score (nSPS) is 23.5. The molecule has 28 heavy (non-hydrogen) atoms. The zero-order chi connectivity index (χ0) is 19.3. The first-order valence-electron chi connectivity index (χ1n) is 10.3. The molecule has 2 bridgehead atoms. The lowest BCUT2D eigenvalue weighted by molar-refractivity contribution is -0.142. The van der Waals surface area contributed by atoms with Gasteiger partial charge in [0.1, 0.15) is 5.82 Å². The molecule has 3 saturated heterocycles. The average Bonchev–Trinajstić information content (AvgIpc) is 2.75. The van der Waals surface area contributed by atoms with Gasteiger partial charge in [-0.3, -0.25) is 9.78 Å². The fourth-order valence-corrected chi connectivity index (χ4v) is 4.58. The van der Waals surface area contributed by atoms with E-state index in [1.54, 1.807) is 12.4 Å². The van der Waals surface area contributed by atoms with Gasteiger partial charge in [0, 0.05) is 32.0 Å². The molecule has 4 heterocycles. The second-order valence-electron chi connectivity index (χ2n) is 8.09. The van der Waals surface area contributed by atoms with Crippen LogP contribution in [0.15, 0.2) is 48.8 Å². The summed E-state index contributed by atoms with van der Waals surface area (Å²) < 4.78 is 13.1. The Bertz CT molecular complexity index is 772. The highest BCUT2D eigenvalue weighted by atomic mass is 19.1. The molecule has 1 aromatic heterocycles. The van der Waals surface area contributed by atoms with Crippen molar-refractivity contribution in [2.45, 2.75) is 32.2 Å². The predicted octanol–water partition coefficient (Wildman–Crippen LogP) is 3.52. The maximum atomic E-state index is 13.4. The summed E-state index contributed by atoms with van der Waals surface area (Å²) in [6, 6.07) is 10.6. The Morgan fingerprint density at radius 3 is 2.43 bits per heavy atom. The Balaban J connectivity index is 1.42. The van der Waals surface area contributed by atoms with Crippen molar-refractivity contribution in [2.75, 3.05) is 26.2 Å². The molecule has 2 aromatic rings. The summed E-state index contributed by atoms with van der Waals surface area (Å²) in [6.07, 6.45) is 7.59. The third kappa shape index (κ3) is 4.58. The Hall–Kier alpha value is -2.27. The highest BCUT2D eigenvalue weighted by molar-refractivity contribution is 5.79. The first kappa shape index (κ1) is 19.1. The van der Waals surface area contributed by atoms with Crippen LogP contribution in [0.4, 0.5) is 4.39 Å². The van der Waals surface area contributed by atoms with Gasteiger partial charge < -0.3 is 9.80 Å². The first-order chi connectivity index (χ1) is 13.7. The number of aryl methyl sites for hydroxylation is 1. The molecule has 3 aliphatic heterocycles. The van der Waals surface area contributed by atoms with Crippen LogP contribution in [-0.4, -0.2) is 46.9 Å². The summed E-state index contributed by atoms with van der Waals surface area (Å²) in [6.45, 7) is 4.55. The summed E-state index contributed by atoms with van der Waals surface area (Å²) in [5.74, 6) is 0.760. The SMILES string of the molecule is O=C(C1CN2CCC1CC2)N(CCCc1ccc(F)cc1)Cc1ccncc1. The molecule has 3 aliphatic rings. The number of pyridine rings is 1. The minimum Gasteiger partial charge on any atom is -0.338 e. The van der Waals surface area contributed by atoms with E-state index in [0.29, 0.717) is 18.4 Å². The molecular weight excluding hydrogens is 353 g/mol. The Kier molecular flexibility index (Phi) is 6.01. The standard InChI is InChI=1S/C23H28FN3O/c24-21-5-3-18(4-6-21)2-1-13-27(16-19-7-11-25-12-8-19)23(28)22-17-26-14-9-20(22)10-15-26/h3-8,11-12,20,22H,1-2,9-10,13-17H2. The number of carbonyl (C=O) groups is 1. The van der Waals surface area contributed by atoms with Crippen LogP contribution >= 0.6 is 0 Å². The summed E-state index contributed by atoms with van der Waals surface area (Å²) in [5.41, 5.74) is 2.23. The zero-order valence-corrected chi connectivity index (χ0v) is 16.3. The highest BCUT2D eigenvalue weighted by Crippen LogP contribution is 2.33. The summed E-state index contributed by atoms with van der Waals surface area (Å²) in [4.78, 5) is 22.0. The van der Waals surface area contributed by atoms with Crippen molar-refractivity contribution in [3.8, 4) is 0 Å². The Morgan fingerprint density at radius 2 is 1.79 bits per heavy atom. The van der Waals surface area contributed by atoms with Crippen molar-refractivity contribution in [1.29, 1.82) is 0 Å². The topological polar surface area (TPSA) is 36.4 Å². The molecule has 1 unspecified atom stereocenters. The van der Waals surface area contributed by atoms with Crippen LogP contribution < -0.4 is 0 Å². The van der Waals surface area contributed by atoms with Crippen molar-refractivity contribution < 1.29 is 9.18 Å². The van der Waals surface area contributed by atoms with E-state index in [1.807, 2.05) is 29.2 Å². The van der Waals surface area contributed by atoms with Gasteiger partial charge in [0.05, 0.1) is 5.92 Å². The lowest BCUT2D eigenvalue weighted by Gasteiger charge is -2.45. The molecule has 3 fully saturated rings. The third-order valence-corrected chi connectivity index (χ3v) is 6.21. The summed E-state index contributed by atoms with van der Waals surface area (Å²) in [5, 5.41) is 0. The molecule has 0 aliphatic carbocycles. The van der Waals surface area contributed by atoms with Gasteiger partial charge in [-0.05, 0) is 80.1 Å². The van der Waals surface area contributed by atoms with E-state index in [0.717, 1.165) is 63.0 Å². The monoisotopic (exact) mass is 381 g/mol. The van der Waals surface area contributed by atoms with E-state index < -0.39 is 0 Å². The number of amides is 1. The molecule has 1 amide bonds. The van der Waals surface area contributed by atoms with Crippen molar-refractivity contribution in [3.63, 3.8) is 0 Å². The van der Waals surface area contributed by atoms with E-state index in [2.05, 4.69) is 9.88 Å². The van der Waals surface area contributed by atoms with E-state index in [9.17, 15) is 9.18 Å². The van der Waals surface area contributed by atoms with Crippen LogP contribution in [0.5, 0.6) is 0 Å². The van der Waals surface area contributed by atoms with E-state index in [-0.39, 0.29) is 11.7 Å². The number of hydrogen-bond acceptors (Lipinski definition) is 3. The second kappa shape index (κ2) is 8.82. The number of halogens is 1. The van der Waals surface area contributed by atoms with Gasteiger partial charge in [-0.15, -0.1) is 0 Å². The molecule has 5 rings (SSSR count). The van der Waals surface area contributed by atoms with Gasteiger partial charge >= 0.3 is 0 Å². The maximum Gasteiger partial charge on any atom is 0.227 e. The fraction of sp³-hybridized carbons (Fsp3) is 0.478. The lowest BCUT2D eigenvalue weighted by Crippen LogP contribution is -2.53. The number of fused-ring (bicyclic) bond motifs is 3. The largest absolute Gasteiger partial charge is 0.338 e. The lowest BCUT2D eigenvalue weighted by atomic mass is 9.78. The number of hydrogen-bond donors (Lipinski definition) is 0. The Morgan fingerprint density at radius 1 is 1.07 bits per heavy atom. The van der Waals surface area contributed by atoms with E-state index in [1.165, 1.54) is 12.1 Å². The average molecular weight is 381 g/mol. The molecule has 0 N–H and O–H groups in total. The quantitative estimate of drug-likeness (QED) is 0.736. The van der Waals surface area contributed by atoms with Crippen LogP contribution in [0.3, 0.4) is 0 Å². The number of rotatable bonds is 7. The van der Waals surface area contributed by atoms with Crippen LogP contribution in [0.1, 0.15) is 30.4 Å². The van der Waals surface area contributed by atoms with Gasteiger partial charge in [0.2, 0.25) is 5.91 Å². The molecule has 0 radical (unpaired) electrons. The number of nitrogens with zero attached hydrogens (tertiary/aromatic N) is 3. The van der Waals surface area contributed by atoms with Crippen LogP contribution in [-0.2, 0) is 17.8 Å². The van der Waals surface area contributed by atoms with E-state index >= 15 is 0 Å². The van der Waals surface area contributed by atoms with Gasteiger partial charge in [0.25, 0.3) is 0 Å². The number of carbonyl (C=O) groups excluding carboxylic acids is 1. The first-order valence-corrected chi connectivity index (χ1v) is 10.3. The molecule has 0 spiro atoms. The summed E-state index contributed by atoms with van der Waals surface area (Å²) >= 11 is 0. The van der Waals surface area contributed by atoms with E-state index in [4.69, 9.17) is 0 Å². The van der Waals surface area contributed by atoms with Crippen molar-refractivity contribution in [1.82, 2.24) is 14.8 Å². The predicted molar refractivity (Wildman–Crippen MR) is 107 cm³/mol. The van der Waals surface area contributed by atoms with Crippen LogP contribution in [0, 0.1) is 17.7 Å². The smallest absolute Gasteiger partial charge is 0.227 e. The number of aromatic nitrogens is 1. The summed E-state index contributed by atoms with van der Waals surface area (Å²) in [7, 11) is 0. The van der Waals surface area contributed by atoms with Crippen molar-refractivity contribution >= 4 is 5.91 Å². The van der Waals surface area contributed by atoms with Crippen LogP contribution in [0.2, 0.25) is 0 Å². The van der Waals surface area contributed by atoms with Crippen molar-refractivity contribution in [2.24, 2.45) is 11.8 Å². The van der Waals surface area contributed by atoms with Crippen LogP contribution in [0.25, 0.3) is 0 Å². The van der Waals surface area contributed by atoms with Gasteiger partial charge in [-0.1, -0.05) is 12.1 Å². The van der Waals surface area contributed by atoms with Gasteiger partial charge in [-0.2, -0.15) is 0 Å². The minimum atomic E-state index is -0.208. The molecule has 1 atom stereocenters. The fourth-order valence-electron chi connectivity index (χ4n) is 4.58.